The van der Waals surface area contributed by atoms with E-state index in [1.54, 1.807) is 32.1 Å². The van der Waals surface area contributed by atoms with Crippen molar-refractivity contribution in [3.63, 3.8) is 0 Å². The molecular formula is C19H24N6O3S2. The van der Waals surface area contributed by atoms with E-state index in [1.165, 1.54) is 11.8 Å². The second-order valence-corrected chi connectivity index (χ2v) is 10.9. The van der Waals surface area contributed by atoms with E-state index < -0.39 is 10.0 Å². The summed E-state index contributed by atoms with van der Waals surface area (Å²) in [6, 6.07) is 5.52. The Balaban J connectivity index is 1.28. The average Bonchev–Trinajstić information content (AvgIpc) is 3.34. The number of fused-ring (bicyclic) bond motifs is 1. The van der Waals surface area contributed by atoms with E-state index in [2.05, 4.69) is 15.5 Å². The fraction of sp³-hybridized carbons (Fsp3) is 0.579. The molecule has 3 aliphatic rings. The quantitative estimate of drug-likeness (QED) is 0.622. The van der Waals surface area contributed by atoms with Gasteiger partial charge in [-0.15, -0.1) is 5.10 Å². The fourth-order valence-electron chi connectivity index (χ4n) is 4.08. The van der Waals surface area contributed by atoms with Crippen LogP contribution in [0.1, 0.15) is 43.7 Å². The van der Waals surface area contributed by atoms with Gasteiger partial charge in [0.1, 0.15) is 0 Å². The van der Waals surface area contributed by atoms with E-state index in [0.29, 0.717) is 42.1 Å². The van der Waals surface area contributed by atoms with Crippen LogP contribution in [0.3, 0.4) is 0 Å². The number of carbonyl (C=O) groups is 1. The molecule has 1 amide bonds. The molecule has 0 N–H and O–H groups in total. The molecule has 0 spiro atoms. The van der Waals surface area contributed by atoms with Gasteiger partial charge in [-0.2, -0.15) is 4.31 Å². The van der Waals surface area contributed by atoms with Crippen LogP contribution < -0.4 is 4.90 Å². The summed E-state index contributed by atoms with van der Waals surface area (Å²) in [4.78, 5) is 14.9. The zero-order valence-corrected chi connectivity index (χ0v) is 18.2. The van der Waals surface area contributed by atoms with Gasteiger partial charge < -0.3 is 4.90 Å². The Morgan fingerprint density at radius 1 is 1.13 bits per heavy atom. The van der Waals surface area contributed by atoms with Crippen molar-refractivity contribution in [2.24, 2.45) is 0 Å². The minimum absolute atomic E-state index is 0.0178. The number of aromatic nitrogens is 4. The summed E-state index contributed by atoms with van der Waals surface area (Å²) in [6.07, 6.45) is 5.72. The van der Waals surface area contributed by atoms with Gasteiger partial charge in [0.2, 0.25) is 21.1 Å². The van der Waals surface area contributed by atoms with Gasteiger partial charge in [0.05, 0.1) is 16.7 Å². The lowest BCUT2D eigenvalue weighted by atomic mass is 10.2. The lowest BCUT2D eigenvalue weighted by Crippen LogP contribution is -2.35. The zero-order chi connectivity index (χ0) is 20.7. The molecule has 3 heterocycles. The van der Waals surface area contributed by atoms with Crippen LogP contribution in [0.2, 0.25) is 0 Å². The van der Waals surface area contributed by atoms with Crippen molar-refractivity contribution in [1.82, 2.24) is 24.5 Å². The molecule has 1 saturated carbocycles. The van der Waals surface area contributed by atoms with Gasteiger partial charge in [-0.3, -0.25) is 4.79 Å². The Kier molecular flexibility index (Phi) is 5.28. The van der Waals surface area contributed by atoms with Crippen molar-refractivity contribution < 1.29 is 13.2 Å². The lowest BCUT2D eigenvalue weighted by molar-refractivity contribution is -0.116. The molecule has 2 aliphatic heterocycles. The molecule has 5 rings (SSSR count). The first-order valence-electron chi connectivity index (χ1n) is 10.4. The number of hydrogen-bond donors (Lipinski definition) is 0. The number of carbonyl (C=O) groups excluding carboxylic acids is 1. The molecule has 11 heteroatoms. The van der Waals surface area contributed by atoms with Gasteiger partial charge in [-0.25, -0.2) is 13.1 Å². The summed E-state index contributed by atoms with van der Waals surface area (Å²) >= 11 is 1.35. The van der Waals surface area contributed by atoms with Gasteiger partial charge in [0, 0.05) is 25.3 Å². The summed E-state index contributed by atoms with van der Waals surface area (Å²) in [7, 11) is -3.47. The molecule has 1 saturated heterocycles. The molecule has 160 valence electrons. The van der Waals surface area contributed by atoms with Crippen molar-refractivity contribution in [1.29, 1.82) is 0 Å². The smallest absolute Gasteiger partial charge is 0.243 e. The second kappa shape index (κ2) is 7.93. The van der Waals surface area contributed by atoms with Crippen LogP contribution in [-0.4, -0.2) is 64.2 Å². The summed E-state index contributed by atoms with van der Waals surface area (Å²) in [5, 5.41) is 12.4. The van der Waals surface area contributed by atoms with Gasteiger partial charge in [-0.05, 0) is 66.3 Å². The average molecular weight is 449 g/mol. The summed E-state index contributed by atoms with van der Waals surface area (Å²) in [6.45, 7) is 1.73. The largest absolute Gasteiger partial charge is 0.311 e. The predicted molar refractivity (Wildman–Crippen MR) is 112 cm³/mol. The van der Waals surface area contributed by atoms with Crippen LogP contribution in [0.4, 0.5) is 5.69 Å². The Bertz CT molecular complexity index is 1060. The molecule has 2 fully saturated rings. The molecule has 0 atom stereocenters. The molecule has 1 aliphatic carbocycles. The number of thioether (sulfide) groups is 1. The summed E-state index contributed by atoms with van der Waals surface area (Å²) in [5.41, 5.74) is 1.72. The number of anilines is 1. The molecule has 30 heavy (non-hydrogen) atoms. The van der Waals surface area contributed by atoms with Crippen LogP contribution in [0.5, 0.6) is 0 Å². The molecule has 1 aromatic carbocycles. The number of tetrazole rings is 1. The van der Waals surface area contributed by atoms with E-state index in [4.69, 9.17) is 0 Å². The molecule has 0 bridgehead atoms. The van der Waals surface area contributed by atoms with E-state index in [0.717, 1.165) is 43.4 Å². The highest BCUT2D eigenvalue weighted by atomic mass is 32.2. The van der Waals surface area contributed by atoms with Crippen LogP contribution in [0, 0.1) is 0 Å². The topological polar surface area (TPSA) is 101 Å². The third-order valence-corrected chi connectivity index (χ3v) is 8.69. The molecule has 0 radical (unpaired) electrons. The number of hydrogen-bond acceptors (Lipinski definition) is 7. The predicted octanol–water partition coefficient (Wildman–Crippen LogP) is 1.86. The van der Waals surface area contributed by atoms with E-state index in [1.807, 2.05) is 0 Å². The SMILES string of the molecule is O=C(CSc1nnnn1C1CC1)N1CCc2cc(S(=O)(=O)N3CCCCC3)ccc21. The van der Waals surface area contributed by atoms with Crippen molar-refractivity contribution in [2.45, 2.75) is 54.6 Å². The third-order valence-electron chi connectivity index (χ3n) is 5.88. The van der Waals surface area contributed by atoms with Gasteiger partial charge in [-0.1, -0.05) is 18.2 Å². The first kappa shape index (κ1) is 20.0. The van der Waals surface area contributed by atoms with Crippen molar-refractivity contribution >= 4 is 33.4 Å². The molecule has 1 aromatic heterocycles. The van der Waals surface area contributed by atoms with Crippen LogP contribution in [-0.2, 0) is 21.2 Å². The molecule has 9 nitrogen and oxygen atoms in total. The Hall–Kier alpha value is -1.98. The second-order valence-electron chi connectivity index (χ2n) is 7.98. The molecule has 0 unspecified atom stereocenters. The Labute approximate surface area is 179 Å². The monoisotopic (exact) mass is 448 g/mol. The summed E-state index contributed by atoms with van der Waals surface area (Å²) < 4.78 is 29.3. The van der Waals surface area contributed by atoms with Crippen LogP contribution in [0.25, 0.3) is 0 Å². The number of rotatable bonds is 6. The lowest BCUT2D eigenvalue weighted by Gasteiger charge is -2.26. The van der Waals surface area contributed by atoms with E-state index >= 15 is 0 Å². The normalized spacial score (nSPS) is 19.8. The van der Waals surface area contributed by atoms with E-state index in [-0.39, 0.29) is 11.7 Å². The highest BCUT2D eigenvalue weighted by Gasteiger charge is 2.31. The van der Waals surface area contributed by atoms with E-state index in [9.17, 15) is 13.2 Å². The third kappa shape index (κ3) is 3.74. The van der Waals surface area contributed by atoms with Crippen LogP contribution in [0.15, 0.2) is 28.3 Å². The van der Waals surface area contributed by atoms with Crippen molar-refractivity contribution in [2.75, 3.05) is 30.3 Å². The van der Waals surface area contributed by atoms with Crippen molar-refractivity contribution in [3.8, 4) is 0 Å². The standard InChI is InChI=1S/C19H24N6O3S2/c26-18(13-29-19-20-21-22-25(19)15-4-5-15)24-11-8-14-12-16(6-7-17(14)24)30(27,28)23-9-2-1-3-10-23/h6-7,12,15H,1-5,8-11,13H2. The highest BCUT2D eigenvalue weighted by Crippen LogP contribution is 2.37. The summed E-state index contributed by atoms with van der Waals surface area (Å²) in [5.74, 6) is 0.233. The number of piperidine rings is 1. The highest BCUT2D eigenvalue weighted by molar-refractivity contribution is 7.99. The van der Waals surface area contributed by atoms with Gasteiger partial charge in [0.25, 0.3) is 0 Å². The maximum Gasteiger partial charge on any atom is 0.243 e. The van der Waals surface area contributed by atoms with Crippen molar-refractivity contribution in [3.05, 3.63) is 23.8 Å². The maximum absolute atomic E-state index is 12.9. The number of amides is 1. The molecule has 2 aromatic rings. The minimum atomic E-state index is -3.47. The number of benzene rings is 1. The Morgan fingerprint density at radius 3 is 2.70 bits per heavy atom. The Morgan fingerprint density at radius 2 is 1.93 bits per heavy atom. The van der Waals surface area contributed by atoms with Crippen LogP contribution >= 0.6 is 11.8 Å². The molecular weight excluding hydrogens is 424 g/mol. The minimum Gasteiger partial charge on any atom is -0.311 e. The fourth-order valence-corrected chi connectivity index (χ4v) is 6.47. The van der Waals surface area contributed by atoms with Gasteiger partial charge >= 0.3 is 0 Å². The first-order valence-corrected chi connectivity index (χ1v) is 12.8. The zero-order valence-electron chi connectivity index (χ0n) is 16.6. The van der Waals surface area contributed by atoms with Gasteiger partial charge in [0.15, 0.2) is 0 Å². The number of sulfonamides is 1. The maximum atomic E-state index is 12.9. The number of nitrogens with zero attached hydrogens (tertiary/aromatic N) is 6. The first-order chi connectivity index (χ1) is 14.5.